The molecule has 1 aromatic rings. The van der Waals surface area contributed by atoms with Crippen LogP contribution in [0, 0.1) is 11.8 Å². The average Bonchev–Trinajstić information content (AvgIpc) is 2.84. The van der Waals surface area contributed by atoms with Crippen molar-refractivity contribution in [2.75, 3.05) is 26.8 Å². The molecule has 2 heterocycles. The highest BCUT2D eigenvalue weighted by Crippen LogP contribution is 2.19. The lowest BCUT2D eigenvalue weighted by Crippen LogP contribution is -2.25. The number of nitrogens with zero attached hydrogens (tertiary/aromatic N) is 3. The van der Waals surface area contributed by atoms with Gasteiger partial charge in [-0.3, -0.25) is 0 Å². The van der Waals surface area contributed by atoms with Crippen molar-refractivity contribution in [2.24, 2.45) is 11.8 Å². The molecule has 0 spiro atoms. The molecule has 0 aliphatic carbocycles. The fourth-order valence-corrected chi connectivity index (χ4v) is 2.83. The van der Waals surface area contributed by atoms with Crippen LogP contribution in [-0.2, 0) is 17.8 Å². The molecule has 0 unspecified atom stereocenters. The Bertz CT molecular complexity index is 383. The molecule has 1 aliphatic rings. The molecule has 0 aromatic carbocycles. The van der Waals surface area contributed by atoms with Crippen molar-refractivity contribution < 1.29 is 4.74 Å². The quantitative estimate of drug-likeness (QED) is 0.769. The van der Waals surface area contributed by atoms with Gasteiger partial charge in [0.2, 0.25) is 0 Å². The molecule has 0 N–H and O–H groups in total. The van der Waals surface area contributed by atoms with Crippen LogP contribution in [0.4, 0.5) is 0 Å². The fourth-order valence-electron chi connectivity index (χ4n) is 2.83. The van der Waals surface area contributed by atoms with E-state index >= 15 is 0 Å². The van der Waals surface area contributed by atoms with Crippen LogP contribution in [-0.4, -0.2) is 41.3 Å². The van der Waals surface area contributed by atoms with Crippen molar-refractivity contribution in [1.29, 1.82) is 0 Å². The number of imidazole rings is 1. The molecule has 1 aliphatic heterocycles. The van der Waals surface area contributed by atoms with E-state index in [0.717, 1.165) is 38.8 Å². The summed E-state index contributed by atoms with van der Waals surface area (Å²) in [5.74, 6) is 1.52. The van der Waals surface area contributed by atoms with E-state index in [0.29, 0.717) is 5.92 Å². The third kappa shape index (κ3) is 4.91. The second-order valence-electron chi connectivity index (χ2n) is 6.51. The van der Waals surface area contributed by atoms with Gasteiger partial charge in [0.15, 0.2) is 0 Å². The van der Waals surface area contributed by atoms with Crippen LogP contribution < -0.4 is 0 Å². The molecule has 1 fully saturated rings. The Morgan fingerprint density at radius 1 is 1.40 bits per heavy atom. The number of aromatic nitrogens is 2. The maximum absolute atomic E-state index is 5.42. The molecular weight excluding hydrogens is 250 g/mol. The Labute approximate surface area is 123 Å². The van der Waals surface area contributed by atoms with Crippen LogP contribution in [0.1, 0.15) is 38.8 Å². The molecule has 20 heavy (non-hydrogen) atoms. The molecule has 0 amide bonds. The first-order valence-electron chi connectivity index (χ1n) is 7.90. The molecule has 4 nitrogen and oxygen atoms in total. The molecular formula is C16H29N3O. The zero-order chi connectivity index (χ0) is 14.4. The lowest BCUT2D eigenvalue weighted by atomic mass is 9.96. The van der Waals surface area contributed by atoms with Gasteiger partial charge in [0.1, 0.15) is 0 Å². The third-order valence-corrected chi connectivity index (χ3v) is 4.05. The summed E-state index contributed by atoms with van der Waals surface area (Å²) in [6.07, 6.45) is 7.73. The van der Waals surface area contributed by atoms with Crippen molar-refractivity contribution in [3.8, 4) is 0 Å². The Morgan fingerprint density at radius 2 is 2.15 bits per heavy atom. The van der Waals surface area contributed by atoms with Crippen molar-refractivity contribution >= 4 is 0 Å². The normalized spacial score (nSPS) is 17.2. The van der Waals surface area contributed by atoms with Crippen LogP contribution in [0.5, 0.6) is 0 Å². The smallest absolute Gasteiger partial charge is 0.0948 e. The summed E-state index contributed by atoms with van der Waals surface area (Å²) < 4.78 is 7.71. The van der Waals surface area contributed by atoms with Crippen LogP contribution in [0.3, 0.4) is 0 Å². The minimum absolute atomic E-state index is 0.662. The van der Waals surface area contributed by atoms with Gasteiger partial charge in [0, 0.05) is 32.5 Å². The van der Waals surface area contributed by atoms with Crippen LogP contribution in [0.15, 0.2) is 12.5 Å². The summed E-state index contributed by atoms with van der Waals surface area (Å²) in [6.45, 7) is 9.62. The third-order valence-electron chi connectivity index (χ3n) is 4.05. The first-order chi connectivity index (χ1) is 9.65. The molecule has 1 aromatic heterocycles. The molecule has 0 saturated carbocycles. The molecule has 2 rings (SSSR count). The van der Waals surface area contributed by atoms with E-state index < -0.39 is 0 Å². The lowest BCUT2D eigenvalue weighted by Gasteiger charge is -2.25. The van der Waals surface area contributed by atoms with Gasteiger partial charge < -0.3 is 14.2 Å². The Balaban J connectivity index is 1.76. The maximum atomic E-state index is 5.42. The topological polar surface area (TPSA) is 30.3 Å². The van der Waals surface area contributed by atoms with Crippen molar-refractivity contribution in [2.45, 2.75) is 46.2 Å². The fraction of sp³-hybridized carbons (Fsp3) is 0.812. The summed E-state index contributed by atoms with van der Waals surface area (Å²) in [4.78, 5) is 6.72. The average molecular weight is 279 g/mol. The van der Waals surface area contributed by atoms with Gasteiger partial charge in [-0.2, -0.15) is 0 Å². The predicted octanol–water partition coefficient (Wildman–Crippen LogP) is 2.79. The van der Waals surface area contributed by atoms with Crippen molar-refractivity contribution in [3.05, 3.63) is 18.2 Å². The van der Waals surface area contributed by atoms with Gasteiger partial charge in [-0.1, -0.05) is 13.8 Å². The van der Waals surface area contributed by atoms with Crippen LogP contribution >= 0.6 is 0 Å². The van der Waals surface area contributed by atoms with Gasteiger partial charge in [0.05, 0.1) is 12.0 Å². The van der Waals surface area contributed by atoms with Gasteiger partial charge in [0.25, 0.3) is 0 Å². The molecule has 0 atom stereocenters. The van der Waals surface area contributed by atoms with Crippen molar-refractivity contribution in [1.82, 2.24) is 14.5 Å². The Kier molecular flexibility index (Phi) is 6.05. The minimum Gasteiger partial charge on any atom is -0.381 e. The summed E-state index contributed by atoms with van der Waals surface area (Å²) in [5.41, 5.74) is 1.33. The highest BCUT2D eigenvalue weighted by atomic mass is 16.5. The number of hydrogen-bond acceptors (Lipinski definition) is 3. The van der Waals surface area contributed by atoms with E-state index in [1.807, 2.05) is 12.5 Å². The summed E-state index contributed by atoms with van der Waals surface area (Å²) in [7, 11) is 2.21. The van der Waals surface area contributed by atoms with Crippen LogP contribution in [0.2, 0.25) is 0 Å². The van der Waals surface area contributed by atoms with E-state index in [1.54, 1.807) is 0 Å². The van der Waals surface area contributed by atoms with Gasteiger partial charge >= 0.3 is 0 Å². The van der Waals surface area contributed by atoms with E-state index in [4.69, 9.17) is 4.74 Å². The molecule has 114 valence electrons. The minimum atomic E-state index is 0.662. The first kappa shape index (κ1) is 15.5. The largest absolute Gasteiger partial charge is 0.381 e. The van der Waals surface area contributed by atoms with Crippen molar-refractivity contribution in [3.63, 3.8) is 0 Å². The standard InChI is InChI=1S/C16H29N3O/c1-14(2)11-19-13-17-10-16(19)12-18(3)7-4-15-5-8-20-9-6-15/h10,13-15H,4-9,11-12H2,1-3H3. The Hall–Kier alpha value is -0.870. The van der Waals surface area contributed by atoms with Gasteiger partial charge in [-0.05, 0) is 44.7 Å². The number of hydrogen-bond donors (Lipinski definition) is 0. The highest BCUT2D eigenvalue weighted by Gasteiger charge is 2.15. The molecule has 0 radical (unpaired) electrons. The molecule has 0 bridgehead atoms. The predicted molar refractivity (Wildman–Crippen MR) is 81.6 cm³/mol. The highest BCUT2D eigenvalue weighted by molar-refractivity contribution is 4.98. The monoisotopic (exact) mass is 279 g/mol. The molecule has 1 saturated heterocycles. The lowest BCUT2D eigenvalue weighted by molar-refractivity contribution is 0.0607. The van der Waals surface area contributed by atoms with E-state index in [2.05, 4.69) is 35.3 Å². The number of ether oxygens (including phenoxy) is 1. The number of rotatable bonds is 7. The van der Waals surface area contributed by atoms with E-state index in [-0.39, 0.29) is 0 Å². The second-order valence-corrected chi connectivity index (χ2v) is 6.51. The SMILES string of the molecule is CC(C)Cn1cncc1CN(C)CCC1CCOCC1. The summed E-state index contributed by atoms with van der Waals surface area (Å²) >= 11 is 0. The van der Waals surface area contributed by atoms with E-state index in [9.17, 15) is 0 Å². The van der Waals surface area contributed by atoms with Gasteiger partial charge in [-0.15, -0.1) is 0 Å². The maximum Gasteiger partial charge on any atom is 0.0948 e. The summed E-state index contributed by atoms with van der Waals surface area (Å²) in [5, 5.41) is 0. The zero-order valence-corrected chi connectivity index (χ0v) is 13.2. The van der Waals surface area contributed by atoms with Gasteiger partial charge in [-0.25, -0.2) is 4.98 Å². The first-order valence-corrected chi connectivity index (χ1v) is 7.90. The van der Waals surface area contributed by atoms with E-state index in [1.165, 1.54) is 25.0 Å². The second kappa shape index (κ2) is 7.79. The Morgan fingerprint density at radius 3 is 2.85 bits per heavy atom. The zero-order valence-electron chi connectivity index (χ0n) is 13.2. The summed E-state index contributed by atoms with van der Waals surface area (Å²) in [6, 6.07) is 0. The van der Waals surface area contributed by atoms with Crippen LogP contribution in [0.25, 0.3) is 0 Å². The molecule has 4 heteroatoms.